The van der Waals surface area contributed by atoms with Crippen LogP contribution in [0.2, 0.25) is 0 Å². The predicted molar refractivity (Wildman–Crippen MR) is 108 cm³/mol. The molecule has 1 fully saturated rings. The molecule has 0 spiro atoms. The third-order valence-corrected chi connectivity index (χ3v) is 7.35. The third kappa shape index (κ3) is 5.20. The number of sulfone groups is 1. The van der Waals surface area contributed by atoms with Gasteiger partial charge in [-0.15, -0.1) is 11.3 Å². The second-order valence-corrected chi connectivity index (χ2v) is 10.0. The number of carbonyl (C=O) groups is 2. The molecule has 1 aliphatic heterocycles. The van der Waals surface area contributed by atoms with Crippen molar-refractivity contribution in [1.29, 1.82) is 0 Å². The van der Waals surface area contributed by atoms with E-state index >= 15 is 0 Å². The van der Waals surface area contributed by atoms with Gasteiger partial charge in [0.05, 0.1) is 18.1 Å². The Morgan fingerprint density at radius 1 is 1.21 bits per heavy atom. The summed E-state index contributed by atoms with van der Waals surface area (Å²) in [6.07, 6.45) is 0.883. The van der Waals surface area contributed by atoms with E-state index < -0.39 is 9.84 Å². The molecular weight excluding hydrogens is 398 g/mol. The molecule has 1 aliphatic rings. The van der Waals surface area contributed by atoms with E-state index in [2.05, 4.69) is 0 Å². The first-order valence-electron chi connectivity index (χ1n) is 9.16. The minimum Gasteiger partial charge on any atom is -0.484 e. The number of thiophene rings is 1. The first kappa shape index (κ1) is 20.5. The number of carbonyl (C=O) groups excluding carboxylic acids is 2. The number of nitrogens with zero attached hydrogens (tertiary/aromatic N) is 1. The van der Waals surface area contributed by atoms with Gasteiger partial charge in [-0.2, -0.15) is 0 Å². The molecule has 1 amide bonds. The molecule has 6 nitrogen and oxygen atoms in total. The maximum Gasteiger partial charge on any atom is 0.261 e. The highest BCUT2D eigenvalue weighted by Crippen LogP contribution is 2.22. The fraction of sp³-hybridized carbons (Fsp3) is 0.400. The topological polar surface area (TPSA) is 80.8 Å². The maximum atomic E-state index is 12.8. The van der Waals surface area contributed by atoms with Crippen LogP contribution >= 0.6 is 11.3 Å². The second-order valence-electron chi connectivity index (χ2n) is 6.75. The molecule has 0 radical (unpaired) electrons. The SMILES string of the molecule is CCC(=O)c1ccc(OCC(=O)N(Cc2cccs2)C2CCS(=O)(=O)C2)cc1. The van der Waals surface area contributed by atoms with Crippen LogP contribution in [0.4, 0.5) is 0 Å². The van der Waals surface area contributed by atoms with E-state index in [-0.39, 0.29) is 35.8 Å². The van der Waals surface area contributed by atoms with Gasteiger partial charge >= 0.3 is 0 Å². The average Bonchev–Trinajstić information content (AvgIpc) is 3.33. The lowest BCUT2D eigenvalue weighted by Gasteiger charge is -2.28. The highest BCUT2D eigenvalue weighted by molar-refractivity contribution is 7.91. The molecule has 2 heterocycles. The van der Waals surface area contributed by atoms with Crippen molar-refractivity contribution in [2.24, 2.45) is 0 Å². The predicted octanol–water partition coefficient (Wildman–Crippen LogP) is 2.94. The summed E-state index contributed by atoms with van der Waals surface area (Å²) in [4.78, 5) is 27.1. The largest absolute Gasteiger partial charge is 0.484 e. The van der Waals surface area contributed by atoms with Crippen LogP contribution in [0.1, 0.15) is 35.0 Å². The van der Waals surface area contributed by atoms with Crippen LogP contribution in [-0.2, 0) is 21.2 Å². The first-order chi connectivity index (χ1) is 13.4. The molecule has 1 aromatic heterocycles. The molecule has 0 saturated carbocycles. The smallest absolute Gasteiger partial charge is 0.261 e. The van der Waals surface area contributed by atoms with Crippen molar-refractivity contribution in [2.45, 2.75) is 32.4 Å². The van der Waals surface area contributed by atoms with Crippen molar-refractivity contribution in [3.05, 3.63) is 52.2 Å². The quantitative estimate of drug-likeness (QED) is 0.612. The molecule has 28 heavy (non-hydrogen) atoms. The molecule has 8 heteroatoms. The monoisotopic (exact) mass is 421 g/mol. The molecule has 0 N–H and O–H groups in total. The zero-order valence-corrected chi connectivity index (χ0v) is 17.3. The number of hydrogen-bond donors (Lipinski definition) is 0. The molecule has 1 saturated heterocycles. The lowest BCUT2D eigenvalue weighted by Crippen LogP contribution is -2.42. The summed E-state index contributed by atoms with van der Waals surface area (Å²) in [5.41, 5.74) is 0.608. The van der Waals surface area contributed by atoms with Crippen LogP contribution in [0.5, 0.6) is 5.75 Å². The molecule has 2 aromatic rings. The summed E-state index contributed by atoms with van der Waals surface area (Å²) < 4.78 is 29.3. The van der Waals surface area contributed by atoms with Crippen molar-refractivity contribution >= 4 is 32.9 Å². The molecule has 0 bridgehead atoms. The van der Waals surface area contributed by atoms with Crippen molar-refractivity contribution in [1.82, 2.24) is 4.90 Å². The standard InChI is InChI=1S/C20H23NO5S2/c1-2-19(22)15-5-7-17(8-6-15)26-13-20(23)21(12-18-4-3-10-27-18)16-9-11-28(24,25)14-16/h3-8,10,16H,2,9,11-14H2,1H3. The molecule has 1 atom stereocenters. The Kier molecular flexibility index (Phi) is 6.51. The number of hydrogen-bond acceptors (Lipinski definition) is 6. The number of ketones is 1. The van der Waals surface area contributed by atoms with Gasteiger partial charge < -0.3 is 9.64 Å². The highest BCUT2D eigenvalue weighted by atomic mass is 32.2. The Morgan fingerprint density at radius 3 is 2.54 bits per heavy atom. The Balaban J connectivity index is 1.66. The third-order valence-electron chi connectivity index (χ3n) is 4.74. The van der Waals surface area contributed by atoms with Crippen molar-refractivity contribution in [3.63, 3.8) is 0 Å². The maximum absolute atomic E-state index is 12.8. The van der Waals surface area contributed by atoms with E-state index in [0.29, 0.717) is 30.7 Å². The van der Waals surface area contributed by atoms with Gasteiger partial charge in [-0.05, 0) is 42.1 Å². The number of ether oxygens (including phenoxy) is 1. The molecule has 3 rings (SSSR count). The van der Waals surface area contributed by atoms with E-state index in [1.54, 1.807) is 36.1 Å². The van der Waals surface area contributed by atoms with Gasteiger partial charge in [0, 0.05) is 22.9 Å². The van der Waals surface area contributed by atoms with Crippen molar-refractivity contribution < 1.29 is 22.7 Å². The van der Waals surface area contributed by atoms with Crippen molar-refractivity contribution in [3.8, 4) is 5.75 Å². The van der Waals surface area contributed by atoms with E-state index in [9.17, 15) is 18.0 Å². The second kappa shape index (κ2) is 8.87. The summed E-state index contributed by atoms with van der Waals surface area (Å²) in [7, 11) is -3.10. The minimum atomic E-state index is -3.10. The number of rotatable bonds is 8. The Labute approximate surface area is 169 Å². The van der Waals surface area contributed by atoms with Crippen LogP contribution in [0.15, 0.2) is 41.8 Å². The lowest BCUT2D eigenvalue weighted by atomic mass is 10.1. The van der Waals surface area contributed by atoms with Crippen LogP contribution < -0.4 is 4.74 Å². The number of benzene rings is 1. The zero-order chi connectivity index (χ0) is 20.1. The fourth-order valence-electron chi connectivity index (χ4n) is 3.18. The Bertz CT molecular complexity index is 920. The normalized spacial score (nSPS) is 18.0. The molecule has 1 unspecified atom stereocenters. The van der Waals surface area contributed by atoms with Crippen LogP contribution in [-0.4, -0.2) is 49.2 Å². The highest BCUT2D eigenvalue weighted by Gasteiger charge is 2.35. The summed E-state index contributed by atoms with van der Waals surface area (Å²) in [6, 6.07) is 10.2. The molecule has 150 valence electrons. The van der Waals surface area contributed by atoms with E-state index in [0.717, 1.165) is 4.88 Å². The van der Waals surface area contributed by atoms with Gasteiger partial charge in [-0.3, -0.25) is 9.59 Å². The van der Waals surface area contributed by atoms with Crippen LogP contribution in [0.3, 0.4) is 0 Å². The van der Waals surface area contributed by atoms with Gasteiger partial charge in [0.1, 0.15) is 5.75 Å². The summed E-state index contributed by atoms with van der Waals surface area (Å²) in [5.74, 6) is 0.407. The number of amides is 1. The summed E-state index contributed by atoms with van der Waals surface area (Å²) in [6.45, 7) is 2.00. The van der Waals surface area contributed by atoms with E-state index in [1.807, 2.05) is 17.5 Å². The van der Waals surface area contributed by atoms with E-state index in [4.69, 9.17) is 4.74 Å². The fourth-order valence-corrected chi connectivity index (χ4v) is 5.62. The van der Waals surface area contributed by atoms with Gasteiger partial charge in [-0.25, -0.2) is 8.42 Å². The lowest BCUT2D eigenvalue weighted by molar-refractivity contribution is -0.135. The van der Waals surface area contributed by atoms with E-state index in [1.165, 1.54) is 11.3 Å². The number of Topliss-reactive ketones (excluding diaryl/α,β-unsaturated/α-hetero) is 1. The average molecular weight is 422 g/mol. The van der Waals surface area contributed by atoms with Crippen LogP contribution in [0, 0.1) is 0 Å². The van der Waals surface area contributed by atoms with Gasteiger partial charge in [0.15, 0.2) is 22.2 Å². The zero-order valence-electron chi connectivity index (χ0n) is 15.7. The summed E-state index contributed by atoms with van der Waals surface area (Å²) in [5, 5.41) is 1.93. The van der Waals surface area contributed by atoms with Crippen LogP contribution in [0.25, 0.3) is 0 Å². The van der Waals surface area contributed by atoms with Crippen molar-refractivity contribution in [2.75, 3.05) is 18.1 Å². The Morgan fingerprint density at radius 2 is 1.96 bits per heavy atom. The van der Waals surface area contributed by atoms with Gasteiger partial charge in [0.2, 0.25) is 0 Å². The Hall–Kier alpha value is -2.19. The first-order valence-corrected chi connectivity index (χ1v) is 11.9. The molecule has 1 aromatic carbocycles. The minimum absolute atomic E-state index is 0.00204. The summed E-state index contributed by atoms with van der Waals surface area (Å²) >= 11 is 1.53. The van der Waals surface area contributed by atoms with Gasteiger partial charge in [0.25, 0.3) is 5.91 Å². The molecular formula is C20H23NO5S2. The molecule has 0 aliphatic carbocycles. The van der Waals surface area contributed by atoms with Gasteiger partial charge in [-0.1, -0.05) is 13.0 Å².